The molecule has 0 radical (unpaired) electrons. The molecule has 0 unspecified atom stereocenters. The van der Waals surface area contributed by atoms with E-state index in [-0.39, 0.29) is 5.97 Å². The van der Waals surface area contributed by atoms with Gasteiger partial charge in [0.05, 0.1) is 18.4 Å². The van der Waals surface area contributed by atoms with Crippen molar-refractivity contribution < 1.29 is 9.53 Å². The van der Waals surface area contributed by atoms with E-state index in [0.29, 0.717) is 11.3 Å². The molecular weight excluding hydrogens is 196 g/mol. The highest BCUT2D eigenvalue weighted by Crippen LogP contribution is 2.05. The number of methoxy groups -OCH3 is 1. The van der Waals surface area contributed by atoms with Crippen LogP contribution >= 0.6 is 12.6 Å². The third-order valence-electron chi connectivity index (χ3n) is 1.60. The predicted molar refractivity (Wildman–Crippen MR) is 58.5 cm³/mol. The average molecular weight is 206 g/mol. The van der Waals surface area contributed by atoms with Gasteiger partial charge in [0.2, 0.25) is 0 Å². The van der Waals surface area contributed by atoms with E-state index in [1.807, 2.05) is 6.07 Å². The zero-order chi connectivity index (χ0) is 10.4. The van der Waals surface area contributed by atoms with Gasteiger partial charge in [0.25, 0.3) is 0 Å². The predicted octanol–water partition coefficient (Wildman–Crippen LogP) is 1.75. The van der Waals surface area contributed by atoms with Crippen molar-refractivity contribution in [1.29, 1.82) is 0 Å². The summed E-state index contributed by atoms with van der Waals surface area (Å²) in [4.78, 5) is 11.2. The largest absolute Gasteiger partial charge is 0.465 e. The minimum absolute atomic E-state index is 0.348. The molecule has 1 aromatic rings. The van der Waals surface area contributed by atoms with Crippen molar-refractivity contribution in [2.45, 2.75) is 0 Å². The van der Waals surface area contributed by atoms with Gasteiger partial charge < -0.3 is 4.74 Å². The van der Waals surface area contributed by atoms with Gasteiger partial charge in [-0.05, 0) is 18.2 Å². The number of hydrogen-bond donors (Lipinski definition) is 1. The average Bonchev–Trinajstić information content (AvgIpc) is 2.25. The summed E-state index contributed by atoms with van der Waals surface area (Å²) in [5.74, 6) is 5.85. The third-order valence-corrected chi connectivity index (χ3v) is 1.75. The number of carbonyl (C=O) groups is 1. The van der Waals surface area contributed by atoms with Gasteiger partial charge in [0.15, 0.2) is 0 Å². The molecule has 2 nitrogen and oxygen atoms in total. The summed E-state index contributed by atoms with van der Waals surface area (Å²) in [5, 5.41) is 0. The van der Waals surface area contributed by atoms with Gasteiger partial charge in [0.1, 0.15) is 0 Å². The number of hydrogen-bond acceptors (Lipinski definition) is 3. The quantitative estimate of drug-likeness (QED) is 0.430. The molecule has 0 bridgehead atoms. The lowest BCUT2D eigenvalue weighted by Crippen LogP contribution is -2.00. The SMILES string of the molecule is COC(=O)c1cccc(C#CCS)c1. The van der Waals surface area contributed by atoms with E-state index in [4.69, 9.17) is 0 Å². The maximum Gasteiger partial charge on any atom is 0.337 e. The van der Waals surface area contributed by atoms with E-state index in [2.05, 4.69) is 29.2 Å². The van der Waals surface area contributed by atoms with Crippen LogP contribution in [0.15, 0.2) is 24.3 Å². The topological polar surface area (TPSA) is 26.3 Å². The molecule has 0 spiro atoms. The highest BCUT2D eigenvalue weighted by Gasteiger charge is 2.03. The first-order valence-corrected chi connectivity index (χ1v) is 4.69. The van der Waals surface area contributed by atoms with E-state index in [1.54, 1.807) is 18.2 Å². The molecule has 0 saturated heterocycles. The Morgan fingerprint density at radius 2 is 2.36 bits per heavy atom. The molecule has 0 amide bonds. The van der Waals surface area contributed by atoms with Crippen molar-refractivity contribution in [3.63, 3.8) is 0 Å². The van der Waals surface area contributed by atoms with Crippen LogP contribution in [0, 0.1) is 11.8 Å². The number of esters is 1. The second-order valence-corrected chi connectivity index (χ2v) is 2.85. The molecule has 0 atom stereocenters. The standard InChI is InChI=1S/C11H10O2S/c1-13-11(12)10-6-2-4-9(8-10)5-3-7-14/h2,4,6,8,14H,7H2,1H3. The number of thiol groups is 1. The van der Waals surface area contributed by atoms with E-state index >= 15 is 0 Å². The summed E-state index contributed by atoms with van der Waals surface area (Å²) in [6.45, 7) is 0. The minimum Gasteiger partial charge on any atom is -0.465 e. The molecule has 72 valence electrons. The van der Waals surface area contributed by atoms with E-state index in [1.165, 1.54) is 7.11 Å². The Morgan fingerprint density at radius 3 is 3.00 bits per heavy atom. The van der Waals surface area contributed by atoms with Gasteiger partial charge in [-0.2, -0.15) is 12.6 Å². The molecule has 3 heteroatoms. The lowest BCUT2D eigenvalue weighted by Gasteiger charge is -1.98. The first kappa shape index (κ1) is 10.7. The molecule has 0 aliphatic heterocycles. The second kappa shape index (κ2) is 5.36. The fourth-order valence-corrected chi connectivity index (χ4v) is 1.06. The Morgan fingerprint density at radius 1 is 1.57 bits per heavy atom. The first-order valence-electron chi connectivity index (χ1n) is 4.06. The number of carbonyl (C=O) groups excluding carboxylic acids is 1. The van der Waals surface area contributed by atoms with Crippen LogP contribution in [0.3, 0.4) is 0 Å². The Bertz CT molecular complexity index is 388. The molecule has 14 heavy (non-hydrogen) atoms. The number of benzene rings is 1. The molecule has 0 aliphatic rings. The summed E-state index contributed by atoms with van der Waals surface area (Å²) in [5.41, 5.74) is 1.31. The summed E-state index contributed by atoms with van der Waals surface area (Å²) >= 11 is 3.97. The van der Waals surface area contributed by atoms with Crippen LogP contribution in [0.5, 0.6) is 0 Å². The van der Waals surface area contributed by atoms with Crippen molar-refractivity contribution >= 4 is 18.6 Å². The first-order chi connectivity index (χ1) is 6.77. The summed E-state index contributed by atoms with van der Waals surface area (Å²) in [7, 11) is 1.36. The van der Waals surface area contributed by atoms with E-state index in [0.717, 1.165) is 5.56 Å². The van der Waals surface area contributed by atoms with Crippen molar-refractivity contribution in [3.8, 4) is 11.8 Å². The van der Waals surface area contributed by atoms with Crippen molar-refractivity contribution in [1.82, 2.24) is 0 Å². The van der Waals surface area contributed by atoms with Crippen molar-refractivity contribution in [3.05, 3.63) is 35.4 Å². The van der Waals surface area contributed by atoms with Crippen molar-refractivity contribution in [2.75, 3.05) is 12.9 Å². The zero-order valence-corrected chi connectivity index (χ0v) is 8.67. The normalized spacial score (nSPS) is 8.71. The van der Waals surface area contributed by atoms with Gasteiger partial charge >= 0.3 is 5.97 Å². The van der Waals surface area contributed by atoms with Crippen LogP contribution in [0.25, 0.3) is 0 Å². The lowest BCUT2D eigenvalue weighted by atomic mass is 10.1. The molecule has 1 aromatic carbocycles. The molecule has 1 rings (SSSR count). The Hall–Kier alpha value is -1.40. The van der Waals surface area contributed by atoms with Gasteiger partial charge in [-0.3, -0.25) is 0 Å². The van der Waals surface area contributed by atoms with Crippen molar-refractivity contribution in [2.24, 2.45) is 0 Å². The molecule has 0 aromatic heterocycles. The molecular formula is C11H10O2S. The van der Waals surface area contributed by atoms with Gasteiger partial charge in [-0.25, -0.2) is 4.79 Å². The second-order valence-electron chi connectivity index (χ2n) is 2.53. The van der Waals surface area contributed by atoms with Gasteiger partial charge in [-0.15, -0.1) is 0 Å². The van der Waals surface area contributed by atoms with Crippen LogP contribution in [-0.4, -0.2) is 18.8 Å². The third kappa shape index (κ3) is 2.82. The highest BCUT2D eigenvalue weighted by atomic mass is 32.1. The maximum atomic E-state index is 11.2. The maximum absolute atomic E-state index is 11.2. The monoisotopic (exact) mass is 206 g/mol. The van der Waals surface area contributed by atoms with Crippen LogP contribution in [0.4, 0.5) is 0 Å². The fraction of sp³-hybridized carbons (Fsp3) is 0.182. The van der Waals surface area contributed by atoms with Crippen LogP contribution in [-0.2, 0) is 4.74 Å². The lowest BCUT2D eigenvalue weighted by molar-refractivity contribution is 0.0600. The molecule has 0 aliphatic carbocycles. The number of ether oxygens (including phenoxy) is 1. The van der Waals surface area contributed by atoms with Crippen LogP contribution < -0.4 is 0 Å². The molecule has 0 fully saturated rings. The van der Waals surface area contributed by atoms with Gasteiger partial charge in [0, 0.05) is 5.56 Å². The van der Waals surface area contributed by atoms with Gasteiger partial charge in [-0.1, -0.05) is 17.9 Å². The van der Waals surface area contributed by atoms with E-state index < -0.39 is 0 Å². The molecule has 0 N–H and O–H groups in total. The summed E-state index contributed by atoms with van der Waals surface area (Å²) in [6.07, 6.45) is 0. The number of rotatable bonds is 1. The molecule has 0 heterocycles. The van der Waals surface area contributed by atoms with E-state index in [9.17, 15) is 4.79 Å². The summed E-state index contributed by atoms with van der Waals surface area (Å²) in [6, 6.07) is 7.00. The fourth-order valence-electron chi connectivity index (χ4n) is 0.983. The van der Waals surface area contributed by atoms with Crippen LogP contribution in [0.2, 0.25) is 0 Å². The van der Waals surface area contributed by atoms with Crippen LogP contribution in [0.1, 0.15) is 15.9 Å². The Labute approximate surface area is 88.7 Å². The summed E-state index contributed by atoms with van der Waals surface area (Å²) < 4.78 is 4.59. The zero-order valence-electron chi connectivity index (χ0n) is 7.78. The minimum atomic E-state index is -0.348. The Balaban J connectivity index is 2.95. The highest BCUT2D eigenvalue weighted by molar-refractivity contribution is 7.80. The Kier molecular flexibility index (Phi) is 4.09. The molecule has 0 saturated carbocycles. The smallest absolute Gasteiger partial charge is 0.337 e.